The van der Waals surface area contributed by atoms with Gasteiger partial charge in [-0.15, -0.1) is 0 Å². The number of nitrogens with one attached hydrogen (secondary N) is 1. The minimum Gasteiger partial charge on any atom is -0.382 e. The highest BCUT2D eigenvalue weighted by molar-refractivity contribution is 5.51. The van der Waals surface area contributed by atoms with E-state index in [1.165, 1.54) is 30.5 Å². The van der Waals surface area contributed by atoms with Crippen LogP contribution in [0.3, 0.4) is 0 Å². The first kappa shape index (κ1) is 12.9. The molecule has 3 heteroatoms. The summed E-state index contributed by atoms with van der Waals surface area (Å²) in [5.74, 6) is 0. The van der Waals surface area contributed by atoms with Crippen molar-refractivity contribution in [1.29, 1.82) is 0 Å². The molecule has 1 N–H and O–H groups in total. The molecule has 1 saturated carbocycles. The van der Waals surface area contributed by atoms with Crippen LogP contribution >= 0.6 is 0 Å². The van der Waals surface area contributed by atoms with Crippen molar-refractivity contribution in [2.75, 3.05) is 19.0 Å². The van der Waals surface area contributed by atoms with E-state index < -0.39 is 0 Å². The Balaban J connectivity index is 1.67. The van der Waals surface area contributed by atoms with Gasteiger partial charge in [-0.2, -0.15) is 0 Å². The van der Waals surface area contributed by atoms with Crippen LogP contribution in [0.1, 0.15) is 37.7 Å². The third-order valence-electron chi connectivity index (χ3n) is 4.43. The van der Waals surface area contributed by atoms with Crippen molar-refractivity contribution >= 4 is 5.69 Å². The molecular formula is C16H23NO2. The average molecular weight is 261 g/mol. The fourth-order valence-electron chi connectivity index (χ4n) is 3.23. The minimum absolute atomic E-state index is 0.201. The van der Waals surface area contributed by atoms with Gasteiger partial charge in [0.05, 0.1) is 12.2 Å². The summed E-state index contributed by atoms with van der Waals surface area (Å²) in [4.78, 5) is 0. The Hall–Kier alpha value is -1.06. The topological polar surface area (TPSA) is 30.5 Å². The summed E-state index contributed by atoms with van der Waals surface area (Å²) < 4.78 is 11.2. The van der Waals surface area contributed by atoms with Gasteiger partial charge in [-0.3, -0.25) is 0 Å². The van der Waals surface area contributed by atoms with Crippen molar-refractivity contribution in [3.8, 4) is 0 Å². The first-order valence-corrected chi connectivity index (χ1v) is 7.29. The van der Waals surface area contributed by atoms with E-state index in [9.17, 15) is 0 Å². The zero-order valence-electron chi connectivity index (χ0n) is 11.7. The fourth-order valence-corrected chi connectivity index (χ4v) is 3.23. The van der Waals surface area contributed by atoms with Gasteiger partial charge in [-0.25, -0.2) is 0 Å². The second-order valence-electron chi connectivity index (χ2n) is 5.81. The lowest BCUT2D eigenvalue weighted by Gasteiger charge is -2.47. The van der Waals surface area contributed by atoms with Gasteiger partial charge in [0.15, 0.2) is 0 Å². The molecule has 1 heterocycles. The van der Waals surface area contributed by atoms with Crippen LogP contribution < -0.4 is 5.32 Å². The molecule has 0 bridgehead atoms. The van der Waals surface area contributed by atoms with Crippen LogP contribution in [0.25, 0.3) is 0 Å². The molecule has 1 aliphatic carbocycles. The Bertz CT molecular complexity index is 429. The number of ether oxygens (including phenoxy) is 2. The predicted molar refractivity (Wildman–Crippen MR) is 76.3 cm³/mol. The maximum absolute atomic E-state index is 5.98. The smallest absolute Gasteiger partial charge is 0.0733 e. The van der Waals surface area contributed by atoms with E-state index in [0.717, 1.165) is 19.4 Å². The highest BCUT2D eigenvalue weighted by atomic mass is 16.5. The molecule has 3 rings (SSSR count). The van der Waals surface area contributed by atoms with Crippen LogP contribution in [0.2, 0.25) is 0 Å². The van der Waals surface area contributed by atoms with E-state index in [0.29, 0.717) is 12.6 Å². The highest BCUT2D eigenvalue weighted by Crippen LogP contribution is 2.42. The third-order valence-corrected chi connectivity index (χ3v) is 4.43. The zero-order chi connectivity index (χ0) is 13.1. The van der Waals surface area contributed by atoms with E-state index in [1.807, 2.05) is 0 Å². The molecule has 1 saturated heterocycles. The molecule has 1 spiro atoms. The Kier molecular flexibility index (Phi) is 3.76. The summed E-state index contributed by atoms with van der Waals surface area (Å²) >= 11 is 0. The maximum atomic E-state index is 5.98. The Morgan fingerprint density at radius 3 is 2.95 bits per heavy atom. The number of methoxy groups -OCH3 is 1. The lowest BCUT2D eigenvalue weighted by atomic mass is 9.74. The molecule has 1 aromatic rings. The third kappa shape index (κ3) is 2.77. The SMILES string of the molecule is COCc1ccccc1NC1CCOC2(CCC2)C1. The quantitative estimate of drug-likeness (QED) is 0.901. The van der Waals surface area contributed by atoms with Crippen LogP contribution in [0.4, 0.5) is 5.69 Å². The average Bonchev–Trinajstić information content (AvgIpc) is 2.40. The van der Waals surface area contributed by atoms with E-state index in [4.69, 9.17) is 9.47 Å². The van der Waals surface area contributed by atoms with Crippen LogP contribution in [0.15, 0.2) is 24.3 Å². The molecule has 3 nitrogen and oxygen atoms in total. The molecular weight excluding hydrogens is 238 g/mol. The predicted octanol–water partition coefficient (Wildman–Crippen LogP) is 3.35. The van der Waals surface area contributed by atoms with Crippen LogP contribution in [0, 0.1) is 0 Å². The number of hydrogen-bond acceptors (Lipinski definition) is 3. The summed E-state index contributed by atoms with van der Waals surface area (Å²) in [7, 11) is 1.74. The molecule has 2 fully saturated rings. The first-order valence-electron chi connectivity index (χ1n) is 7.29. The molecule has 104 valence electrons. The fraction of sp³-hybridized carbons (Fsp3) is 0.625. The zero-order valence-corrected chi connectivity index (χ0v) is 11.7. The number of rotatable bonds is 4. The standard InChI is InChI=1S/C16H23NO2/c1-18-12-13-5-2-3-6-15(13)17-14-7-10-19-16(11-14)8-4-9-16/h2-3,5-6,14,17H,4,7-12H2,1H3. The van der Waals surface area contributed by atoms with Gasteiger partial charge < -0.3 is 14.8 Å². The Morgan fingerprint density at radius 2 is 2.21 bits per heavy atom. The van der Waals surface area contributed by atoms with E-state index in [-0.39, 0.29) is 5.60 Å². The van der Waals surface area contributed by atoms with Gasteiger partial charge in [0.1, 0.15) is 0 Å². The summed E-state index contributed by atoms with van der Waals surface area (Å²) in [6.07, 6.45) is 6.06. The normalized spacial score (nSPS) is 25.0. The first-order chi connectivity index (χ1) is 9.31. The second-order valence-corrected chi connectivity index (χ2v) is 5.81. The summed E-state index contributed by atoms with van der Waals surface area (Å²) in [6.45, 7) is 1.56. The van der Waals surface area contributed by atoms with Crippen molar-refractivity contribution in [2.45, 2.75) is 50.4 Å². The lowest BCUT2D eigenvalue weighted by molar-refractivity contribution is -0.130. The monoisotopic (exact) mass is 261 g/mol. The summed E-state index contributed by atoms with van der Waals surface area (Å²) in [5, 5.41) is 3.70. The molecule has 0 radical (unpaired) electrons. The molecule has 1 atom stereocenters. The molecule has 0 aromatic heterocycles. The number of benzene rings is 1. The minimum atomic E-state index is 0.201. The van der Waals surface area contributed by atoms with Crippen molar-refractivity contribution in [3.63, 3.8) is 0 Å². The summed E-state index contributed by atoms with van der Waals surface area (Å²) in [5.41, 5.74) is 2.65. The lowest BCUT2D eigenvalue weighted by Crippen LogP contribution is -2.49. The Labute approximate surface area is 115 Å². The van der Waals surface area contributed by atoms with Crippen molar-refractivity contribution in [3.05, 3.63) is 29.8 Å². The van der Waals surface area contributed by atoms with Crippen molar-refractivity contribution < 1.29 is 9.47 Å². The molecule has 2 aliphatic rings. The van der Waals surface area contributed by atoms with E-state index in [1.54, 1.807) is 7.11 Å². The van der Waals surface area contributed by atoms with Gasteiger partial charge >= 0.3 is 0 Å². The number of para-hydroxylation sites is 1. The van der Waals surface area contributed by atoms with Gasteiger partial charge in [-0.1, -0.05) is 18.2 Å². The highest BCUT2D eigenvalue weighted by Gasteiger charge is 2.42. The maximum Gasteiger partial charge on any atom is 0.0733 e. The van der Waals surface area contributed by atoms with Gasteiger partial charge in [-0.05, 0) is 38.2 Å². The van der Waals surface area contributed by atoms with E-state index in [2.05, 4.69) is 29.6 Å². The van der Waals surface area contributed by atoms with Crippen LogP contribution in [-0.4, -0.2) is 25.4 Å². The number of anilines is 1. The molecule has 19 heavy (non-hydrogen) atoms. The Morgan fingerprint density at radius 1 is 1.37 bits per heavy atom. The second kappa shape index (κ2) is 5.51. The van der Waals surface area contributed by atoms with E-state index >= 15 is 0 Å². The molecule has 1 unspecified atom stereocenters. The van der Waals surface area contributed by atoms with Crippen molar-refractivity contribution in [1.82, 2.24) is 0 Å². The largest absolute Gasteiger partial charge is 0.382 e. The molecule has 1 aliphatic heterocycles. The van der Waals surface area contributed by atoms with Gasteiger partial charge in [0.25, 0.3) is 0 Å². The van der Waals surface area contributed by atoms with Gasteiger partial charge in [0.2, 0.25) is 0 Å². The molecule has 0 amide bonds. The van der Waals surface area contributed by atoms with Gasteiger partial charge in [0, 0.05) is 31.0 Å². The molecule has 1 aromatic carbocycles. The van der Waals surface area contributed by atoms with Crippen molar-refractivity contribution in [2.24, 2.45) is 0 Å². The van der Waals surface area contributed by atoms with Crippen LogP contribution in [0.5, 0.6) is 0 Å². The number of hydrogen-bond donors (Lipinski definition) is 1. The summed E-state index contributed by atoms with van der Waals surface area (Å²) in [6, 6.07) is 8.96. The van der Waals surface area contributed by atoms with Crippen LogP contribution in [-0.2, 0) is 16.1 Å².